The molecule has 0 saturated carbocycles. The quantitative estimate of drug-likeness (QED) is 0.313. The number of ketones is 1. The molecule has 2 aromatic heterocycles. The van der Waals surface area contributed by atoms with Gasteiger partial charge in [0.15, 0.2) is 0 Å². The highest BCUT2D eigenvalue weighted by molar-refractivity contribution is 8.00. The molecule has 1 aliphatic heterocycles. The Hall–Kier alpha value is -3.92. The minimum Gasteiger partial charge on any atom is -0.456 e. The number of hydrogen-bond acceptors (Lipinski definition) is 6. The first-order valence-electron chi connectivity index (χ1n) is 10.9. The van der Waals surface area contributed by atoms with Crippen LogP contribution in [0.2, 0.25) is 0 Å². The zero-order valence-electron chi connectivity index (χ0n) is 18.6. The second kappa shape index (κ2) is 9.62. The van der Waals surface area contributed by atoms with Gasteiger partial charge < -0.3 is 10.1 Å². The summed E-state index contributed by atoms with van der Waals surface area (Å²) in [6.07, 6.45) is 3.40. The number of carbonyl (C=O) groups excluding carboxylic acids is 2. The molecule has 10 heteroatoms. The molecule has 3 heterocycles. The van der Waals surface area contributed by atoms with Gasteiger partial charge in [0.1, 0.15) is 23.1 Å². The minimum absolute atomic E-state index is 0.00299. The Morgan fingerprint density at radius 3 is 2.69 bits per heavy atom. The van der Waals surface area contributed by atoms with Crippen LogP contribution in [0, 0.1) is 0 Å². The summed E-state index contributed by atoms with van der Waals surface area (Å²) in [6, 6.07) is 14.7. The molecule has 182 valence electrons. The molecule has 6 nitrogen and oxygen atoms in total. The van der Waals surface area contributed by atoms with Crippen LogP contribution in [-0.4, -0.2) is 27.2 Å². The first kappa shape index (κ1) is 23.8. The second-order valence-electron chi connectivity index (χ2n) is 8.17. The summed E-state index contributed by atoms with van der Waals surface area (Å²) in [6.45, 7) is 0. The van der Waals surface area contributed by atoms with E-state index < -0.39 is 5.51 Å². The summed E-state index contributed by atoms with van der Waals surface area (Å²) in [5, 5.41) is 3.38. The van der Waals surface area contributed by atoms with Crippen LogP contribution in [0.15, 0.2) is 71.9 Å². The van der Waals surface area contributed by atoms with Crippen LogP contribution in [0.1, 0.15) is 16.7 Å². The van der Waals surface area contributed by atoms with Crippen molar-refractivity contribution in [1.29, 1.82) is 0 Å². The van der Waals surface area contributed by atoms with E-state index in [9.17, 15) is 22.8 Å². The molecule has 5 rings (SSSR count). The van der Waals surface area contributed by atoms with Crippen LogP contribution in [0.5, 0.6) is 11.5 Å². The predicted molar refractivity (Wildman–Crippen MR) is 129 cm³/mol. The van der Waals surface area contributed by atoms with Crippen LogP contribution in [0.3, 0.4) is 0 Å². The van der Waals surface area contributed by atoms with Crippen LogP contribution in [-0.2, 0) is 28.9 Å². The number of Topliss-reactive ketones (excluding diaryl/α,β-unsaturated/α-hetero) is 1. The van der Waals surface area contributed by atoms with E-state index in [2.05, 4.69) is 15.3 Å². The van der Waals surface area contributed by atoms with Crippen molar-refractivity contribution in [2.24, 2.45) is 0 Å². The normalized spacial score (nSPS) is 12.9. The maximum atomic E-state index is 12.8. The lowest BCUT2D eigenvalue weighted by Crippen LogP contribution is -2.08. The van der Waals surface area contributed by atoms with Crippen LogP contribution < -0.4 is 10.1 Å². The fourth-order valence-electron chi connectivity index (χ4n) is 4.10. The number of ether oxygens (including phenoxy) is 1. The van der Waals surface area contributed by atoms with Crippen molar-refractivity contribution in [3.63, 3.8) is 0 Å². The largest absolute Gasteiger partial charge is 0.456 e. The van der Waals surface area contributed by atoms with E-state index in [-0.39, 0.29) is 47.6 Å². The molecule has 1 aliphatic rings. The fraction of sp³-hybridized carbons (Fsp3) is 0.154. The summed E-state index contributed by atoms with van der Waals surface area (Å²) < 4.78 is 44.2. The molecule has 4 aromatic rings. The number of benzene rings is 2. The highest BCUT2D eigenvalue weighted by Crippen LogP contribution is 2.38. The molecule has 2 aromatic carbocycles. The van der Waals surface area contributed by atoms with Crippen molar-refractivity contribution in [3.05, 3.63) is 83.7 Å². The number of anilines is 1. The Morgan fingerprint density at radius 1 is 1.00 bits per heavy atom. The molecular weight excluding hydrogens is 491 g/mol. The molecular formula is C26H18F3N3O3S. The number of nitrogens with zero attached hydrogens (tertiary/aromatic N) is 2. The van der Waals surface area contributed by atoms with Crippen molar-refractivity contribution in [3.8, 4) is 11.5 Å². The fourth-order valence-corrected chi connectivity index (χ4v) is 4.72. The second-order valence-corrected chi connectivity index (χ2v) is 9.31. The number of thioether (sulfide) groups is 1. The number of nitrogens with one attached hydrogen (secondary N) is 1. The maximum absolute atomic E-state index is 12.8. The van der Waals surface area contributed by atoms with E-state index in [1.807, 2.05) is 6.07 Å². The van der Waals surface area contributed by atoms with E-state index >= 15 is 0 Å². The predicted octanol–water partition coefficient (Wildman–Crippen LogP) is 5.88. The number of fused-ring (bicyclic) bond motifs is 2. The molecule has 0 atom stereocenters. The number of hydrogen-bond donors (Lipinski definition) is 1. The van der Waals surface area contributed by atoms with E-state index in [1.165, 1.54) is 18.2 Å². The highest BCUT2D eigenvalue weighted by atomic mass is 32.2. The first-order valence-corrected chi connectivity index (χ1v) is 11.8. The molecule has 1 amide bonds. The van der Waals surface area contributed by atoms with Crippen LogP contribution >= 0.6 is 11.8 Å². The van der Waals surface area contributed by atoms with Crippen molar-refractivity contribution in [1.82, 2.24) is 9.97 Å². The standard InChI is InChI=1S/C26H18F3N3O3S/c27-26(28,29)36-18-4-1-3-15(12-18)11-17(33)13-16-6-7-21(19-5-2-9-30-24(16)19)35-22-8-10-31-25-20(22)14-23(34)32-25/h1-10,12H,11,13-14H2,(H,31,32,34). The molecule has 0 spiro atoms. The van der Waals surface area contributed by atoms with Crippen molar-refractivity contribution < 1.29 is 27.5 Å². The zero-order valence-corrected chi connectivity index (χ0v) is 19.4. The third-order valence-corrected chi connectivity index (χ3v) is 6.28. The van der Waals surface area contributed by atoms with Gasteiger partial charge in [-0.2, -0.15) is 13.2 Å². The first-order chi connectivity index (χ1) is 17.2. The average molecular weight is 510 g/mol. The lowest BCUT2D eigenvalue weighted by molar-refractivity contribution is -0.118. The summed E-state index contributed by atoms with van der Waals surface area (Å²) in [5.74, 6) is 1.18. The lowest BCUT2D eigenvalue weighted by Gasteiger charge is -2.13. The molecule has 0 fully saturated rings. The van der Waals surface area contributed by atoms with Gasteiger partial charge in [-0.25, -0.2) is 4.98 Å². The number of rotatable bonds is 7. The number of amides is 1. The lowest BCUT2D eigenvalue weighted by atomic mass is 10.00. The molecule has 0 saturated heterocycles. The van der Waals surface area contributed by atoms with Gasteiger partial charge in [0.2, 0.25) is 5.91 Å². The van der Waals surface area contributed by atoms with E-state index in [0.717, 1.165) is 0 Å². The monoisotopic (exact) mass is 509 g/mol. The summed E-state index contributed by atoms with van der Waals surface area (Å²) in [5.41, 5.74) is -1.93. The van der Waals surface area contributed by atoms with Crippen LogP contribution in [0.25, 0.3) is 10.9 Å². The maximum Gasteiger partial charge on any atom is 0.446 e. The number of aromatic nitrogens is 2. The van der Waals surface area contributed by atoms with E-state index in [1.54, 1.807) is 42.7 Å². The Morgan fingerprint density at radius 2 is 1.86 bits per heavy atom. The molecule has 0 radical (unpaired) electrons. The van der Waals surface area contributed by atoms with Gasteiger partial charge in [-0.05, 0) is 59.3 Å². The van der Waals surface area contributed by atoms with Crippen molar-refractivity contribution in [2.45, 2.75) is 29.7 Å². The Bertz CT molecular complexity index is 1490. The average Bonchev–Trinajstić information content (AvgIpc) is 3.21. The summed E-state index contributed by atoms with van der Waals surface area (Å²) in [7, 11) is 0. The third kappa shape index (κ3) is 5.33. The SMILES string of the molecule is O=C(Cc1cccc(SC(F)(F)F)c1)Cc1ccc(Oc2ccnc3c2CC(=O)N3)c2cccnc12. The van der Waals surface area contributed by atoms with Gasteiger partial charge in [0.25, 0.3) is 0 Å². The Balaban J connectivity index is 1.37. The summed E-state index contributed by atoms with van der Waals surface area (Å²) >= 11 is -0.204. The number of pyridine rings is 2. The Labute approximate surface area is 207 Å². The minimum atomic E-state index is -4.39. The summed E-state index contributed by atoms with van der Waals surface area (Å²) in [4.78, 5) is 33.2. The van der Waals surface area contributed by atoms with Gasteiger partial charge >= 0.3 is 5.51 Å². The van der Waals surface area contributed by atoms with E-state index in [4.69, 9.17) is 4.74 Å². The molecule has 0 unspecified atom stereocenters. The van der Waals surface area contributed by atoms with Gasteiger partial charge in [0.05, 0.1) is 11.9 Å². The molecule has 1 N–H and O–H groups in total. The van der Waals surface area contributed by atoms with Gasteiger partial charge in [-0.3, -0.25) is 14.6 Å². The third-order valence-electron chi connectivity index (χ3n) is 5.56. The van der Waals surface area contributed by atoms with Gasteiger partial charge in [-0.15, -0.1) is 0 Å². The van der Waals surface area contributed by atoms with Gasteiger partial charge in [0, 0.05) is 41.1 Å². The number of alkyl halides is 3. The zero-order chi connectivity index (χ0) is 25.3. The molecule has 36 heavy (non-hydrogen) atoms. The van der Waals surface area contributed by atoms with Gasteiger partial charge in [-0.1, -0.05) is 18.2 Å². The van der Waals surface area contributed by atoms with E-state index in [0.29, 0.717) is 44.9 Å². The smallest absolute Gasteiger partial charge is 0.446 e. The molecule has 0 bridgehead atoms. The molecule has 0 aliphatic carbocycles. The van der Waals surface area contributed by atoms with Crippen molar-refractivity contribution in [2.75, 3.05) is 5.32 Å². The van der Waals surface area contributed by atoms with Crippen LogP contribution in [0.4, 0.5) is 19.0 Å². The van der Waals surface area contributed by atoms with Crippen molar-refractivity contribution >= 4 is 40.2 Å². The number of carbonyl (C=O) groups is 2. The highest BCUT2D eigenvalue weighted by Gasteiger charge is 2.29. The topological polar surface area (TPSA) is 81.2 Å². The Kier molecular flexibility index (Phi) is 6.36. The number of halogens is 3.